The summed E-state index contributed by atoms with van der Waals surface area (Å²) in [5, 5.41) is 9.78. The average molecular weight is 278 g/mol. The highest BCUT2D eigenvalue weighted by molar-refractivity contribution is 7.90. The number of carbonyl (C=O) groups is 2. The largest absolute Gasteiger partial charge is 0.480 e. The quantitative estimate of drug-likeness (QED) is 0.704. The third kappa shape index (κ3) is 2.49. The molecule has 1 rings (SSSR count). The van der Waals surface area contributed by atoms with E-state index in [1.54, 1.807) is 6.92 Å². The van der Waals surface area contributed by atoms with Crippen LogP contribution in [0.4, 0.5) is 0 Å². The molecule has 2 atom stereocenters. The average Bonchev–Trinajstić information content (AvgIpc) is 2.71. The second kappa shape index (κ2) is 4.85. The Labute approximate surface area is 106 Å². The van der Waals surface area contributed by atoms with Crippen LogP contribution in [0.3, 0.4) is 0 Å². The molecule has 1 saturated heterocycles. The number of sulfonamides is 1. The molecule has 0 aromatic heterocycles. The molecule has 1 aliphatic rings. The molecule has 0 aliphatic carbocycles. The highest BCUT2D eigenvalue weighted by Crippen LogP contribution is 2.32. The van der Waals surface area contributed by atoms with Gasteiger partial charge in [0.25, 0.3) is 0 Å². The van der Waals surface area contributed by atoms with Crippen molar-refractivity contribution < 1.29 is 23.1 Å². The molecule has 0 aromatic rings. The Morgan fingerprint density at radius 1 is 1.44 bits per heavy atom. The fourth-order valence-corrected chi connectivity index (χ4v) is 3.49. The van der Waals surface area contributed by atoms with Crippen molar-refractivity contribution in [3.8, 4) is 0 Å². The van der Waals surface area contributed by atoms with Gasteiger partial charge >= 0.3 is 5.97 Å². The molecular weight excluding hydrogens is 260 g/mol. The van der Waals surface area contributed by atoms with Gasteiger partial charge in [0.1, 0.15) is 0 Å². The van der Waals surface area contributed by atoms with Crippen molar-refractivity contribution in [3.63, 3.8) is 0 Å². The molecule has 1 heterocycles. The minimum atomic E-state index is -3.90. The fraction of sp³-hybridized carbons (Fsp3) is 0.800. The third-order valence-corrected chi connectivity index (χ3v) is 5.49. The summed E-state index contributed by atoms with van der Waals surface area (Å²) < 4.78 is 25.1. The summed E-state index contributed by atoms with van der Waals surface area (Å²) >= 11 is 0. The van der Waals surface area contributed by atoms with E-state index in [1.807, 2.05) is 0 Å². The molecule has 1 fully saturated rings. The van der Waals surface area contributed by atoms with E-state index in [0.717, 1.165) is 11.2 Å². The minimum Gasteiger partial charge on any atom is -0.480 e. The van der Waals surface area contributed by atoms with E-state index >= 15 is 0 Å². The number of nitrogens with zero attached hydrogens (tertiary/aromatic N) is 1. The van der Waals surface area contributed by atoms with Crippen molar-refractivity contribution in [2.75, 3.05) is 20.1 Å². The lowest BCUT2D eigenvalue weighted by atomic mass is 9.89. The highest BCUT2D eigenvalue weighted by Gasteiger charge is 2.46. The zero-order valence-electron chi connectivity index (χ0n) is 10.6. The SMILES string of the molecule is CNC(=O)C1(C)CCN(S(=O)(=O)C(C)C(=O)O)C1. The van der Waals surface area contributed by atoms with Crippen LogP contribution in [-0.2, 0) is 19.6 Å². The van der Waals surface area contributed by atoms with Gasteiger partial charge in [-0.1, -0.05) is 0 Å². The summed E-state index contributed by atoms with van der Waals surface area (Å²) in [4.78, 5) is 22.4. The molecule has 0 spiro atoms. The lowest BCUT2D eigenvalue weighted by Crippen LogP contribution is -2.43. The molecule has 104 valence electrons. The van der Waals surface area contributed by atoms with Crippen LogP contribution in [0.2, 0.25) is 0 Å². The molecule has 0 radical (unpaired) electrons. The molecule has 7 nitrogen and oxygen atoms in total. The maximum atomic E-state index is 12.0. The van der Waals surface area contributed by atoms with Crippen LogP contribution < -0.4 is 5.32 Å². The Bertz CT molecular complexity index is 461. The summed E-state index contributed by atoms with van der Waals surface area (Å²) in [5.41, 5.74) is -0.792. The topological polar surface area (TPSA) is 104 Å². The molecule has 1 amide bonds. The summed E-state index contributed by atoms with van der Waals surface area (Å²) in [6, 6.07) is 0. The number of amides is 1. The van der Waals surface area contributed by atoms with Gasteiger partial charge in [-0.05, 0) is 20.3 Å². The van der Waals surface area contributed by atoms with Crippen LogP contribution in [-0.4, -0.2) is 55.1 Å². The summed E-state index contributed by atoms with van der Waals surface area (Å²) in [5.74, 6) is -1.62. The zero-order valence-corrected chi connectivity index (χ0v) is 11.5. The van der Waals surface area contributed by atoms with E-state index in [2.05, 4.69) is 5.32 Å². The van der Waals surface area contributed by atoms with Gasteiger partial charge in [-0.2, -0.15) is 0 Å². The Morgan fingerprint density at radius 3 is 2.44 bits per heavy atom. The number of hydrogen-bond acceptors (Lipinski definition) is 4. The van der Waals surface area contributed by atoms with Crippen LogP contribution in [0.25, 0.3) is 0 Å². The zero-order chi connectivity index (χ0) is 14.1. The molecule has 0 saturated carbocycles. The Kier molecular flexibility index (Phi) is 4.02. The maximum absolute atomic E-state index is 12.0. The van der Waals surface area contributed by atoms with Gasteiger partial charge in [0.2, 0.25) is 15.9 Å². The predicted molar refractivity (Wildman–Crippen MR) is 64.4 cm³/mol. The monoisotopic (exact) mass is 278 g/mol. The Balaban J connectivity index is 2.91. The molecular formula is C10H18N2O5S. The van der Waals surface area contributed by atoms with Crippen molar-refractivity contribution in [2.45, 2.75) is 25.5 Å². The highest BCUT2D eigenvalue weighted by atomic mass is 32.2. The van der Waals surface area contributed by atoms with Crippen molar-refractivity contribution in [1.29, 1.82) is 0 Å². The van der Waals surface area contributed by atoms with Crippen LogP contribution in [0.15, 0.2) is 0 Å². The minimum absolute atomic E-state index is 0.0205. The number of nitrogens with one attached hydrogen (secondary N) is 1. The number of carbonyl (C=O) groups excluding carboxylic acids is 1. The molecule has 0 bridgehead atoms. The number of rotatable bonds is 4. The van der Waals surface area contributed by atoms with Gasteiger partial charge in [0.05, 0.1) is 5.41 Å². The van der Waals surface area contributed by atoms with E-state index in [1.165, 1.54) is 7.05 Å². The first-order chi connectivity index (χ1) is 8.15. The standard InChI is InChI=1S/C10H18N2O5S/c1-7(8(13)14)18(16,17)12-5-4-10(2,6-12)9(15)11-3/h7H,4-6H2,1-3H3,(H,11,15)(H,13,14). The molecule has 2 N–H and O–H groups in total. The number of hydrogen-bond donors (Lipinski definition) is 2. The van der Waals surface area contributed by atoms with E-state index in [-0.39, 0.29) is 19.0 Å². The maximum Gasteiger partial charge on any atom is 0.323 e. The second-order valence-corrected chi connectivity index (χ2v) is 7.00. The van der Waals surface area contributed by atoms with Gasteiger partial charge in [-0.15, -0.1) is 0 Å². The second-order valence-electron chi connectivity index (χ2n) is 4.75. The van der Waals surface area contributed by atoms with Gasteiger partial charge < -0.3 is 10.4 Å². The first-order valence-corrected chi connectivity index (χ1v) is 7.09. The van der Waals surface area contributed by atoms with E-state index in [4.69, 9.17) is 5.11 Å². The predicted octanol–water partition coefficient (Wildman–Crippen LogP) is -0.753. The summed E-state index contributed by atoms with van der Waals surface area (Å²) in [6.07, 6.45) is 0.387. The molecule has 8 heteroatoms. The number of carboxylic acids is 1. The van der Waals surface area contributed by atoms with Gasteiger partial charge in [0.15, 0.2) is 5.25 Å². The lowest BCUT2D eigenvalue weighted by Gasteiger charge is -2.23. The van der Waals surface area contributed by atoms with Gasteiger partial charge in [-0.3, -0.25) is 9.59 Å². The van der Waals surface area contributed by atoms with Crippen LogP contribution >= 0.6 is 0 Å². The van der Waals surface area contributed by atoms with E-state index < -0.39 is 26.7 Å². The first kappa shape index (κ1) is 14.9. The van der Waals surface area contributed by atoms with Crippen LogP contribution in [0.5, 0.6) is 0 Å². The van der Waals surface area contributed by atoms with Crippen molar-refractivity contribution >= 4 is 21.9 Å². The molecule has 1 aliphatic heterocycles. The van der Waals surface area contributed by atoms with Crippen molar-refractivity contribution in [2.24, 2.45) is 5.41 Å². The number of aliphatic carboxylic acids is 1. The van der Waals surface area contributed by atoms with Crippen molar-refractivity contribution in [1.82, 2.24) is 9.62 Å². The lowest BCUT2D eigenvalue weighted by molar-refractivity contribution is -0.136. The molecule has 0 aromatic carbocycles. The van der Waals surface area contributed by atoms with E-state index in [9.17, 15) is 18.0 Å². The van der Waals surface area contributed by atoms with Crippen LogP contribution in [0, 0.1) is 5.41 Å². The van der Waals surface area contributed by atoms with Crippen LogP contribution in [0.1, 0.15) is 20.3 Å². The molecule has 18 heavy (non-hydrogen) atoms. The molecule has 2 unspecified atom stereocenters. The van der Waals surface area contributed by atoms with Gasteiger partial charge in [-0.25, -0.2) is 12.7 Å². The summed E-state index contributed by atoms with van der Waals surface area (Å²) in [6.45, 7) is 3.00. The Hall–Kier alpha value is -1.15. The smallest absolute Gasteiger partial charge is 0.323 e. The van der Waals surface area contributed by atoms with Gasteiger partial charge in [0, 0.05) is 20.1 Å². The third-order valence-electron chi connectivity index (χ3n) is 3.37. The number of carboxylic acid groups (broad SMARTS) is 1. The fourth-order valence-electron chi connectivity index (χ4n) is 1.97. The summed E-state index contributed by atoms with van der Waals surface area (Å²) in [7, 11) is -2.41. The Morgan fingerprint density at radius 2 is 2.00 bits per heavy atom. The van der Waals surface area contributed by atoms with Crippen molar-refractivity contribution in [3.05, 3.63) is 0 Å². The van der Waals surface area contributed by atoms with E-state index in [0.29, 0.717) is 6.42 Å². The normalized spacial score (nSPS) is 26.8. The first-order valence-electron chi connectivity index (χ1n) is 5.59.